The van der Waals surface area contributed by atoms with Crippen LogP contribution in [0, 0.1) is 0 Å². The quantitative estimate of drug-likeness (QED) is 0.789. The zero-order chi connectivity index (χ0) is 16.3. The van der Waals surface area contributed by atoms with Gasteiger partial charge in [-0.2, -0.15) is 0 Å². The van der Waals surface area contributed by atoms with Crippen LogP contribution in [0.15, 0.2) is 16.5 Å². The molecule has 0 saturated carbocycles. The summed E-state index contributed by atoms with van der Waals surface area (Å²) < 4.78 is 28.7. The molecule has 1 saturated heterocycles. The number of rotatable bonds is 6. The van der Waals surface area contributed by atoms with Gasteiger partial charge in [0.2, 0.25) is 0 Å². The summed E-state index contributed by atoms with van der Waals surface area (Å²) in [6.45, 7) is 6.65. The van der Waals surface area contributed by atoms with Crippen LogP contribution in [0.3, 0.4) is 0 Å². The van der Waals surface area contributed by atoms with Gasteiger partial charge in [-0.1, -0.05) is 13.8 Å². The van der Waals surface area contributed by atoms with Crippen molar-refractivity contribution in [2.75, 3.05) is 31.6 Å². The molecule has 22 heavy (non-hydrogen) atoms. The molecular weight excluding hydrogens is 304 g/mol. The van der Waals surface area contributed by atoms with Gasteiger partial charge in [-0.25, -0.2) is 8.42 Å². The number of furan rings is 1. The van der Waals surface area contributed by atoms with Crippen LogP contribution < -0.4 is 0 Å². The Bertz CT molecular complexity index is 619. The number of amides is 1. The van der Waals surface area contributed by atoms with E-state index in [0.29, 0.717) is 13.0 Å². The molecule has 1 aromatic rings. The van der Waals surface area contributed by atoms with Crippen molar-refractivity contribution in [2.45, 2.75) is 32.9 Å². The fourth-order valence-corrected chi connectivity index (χ4v) is 4.44. The lowest BCUT2D eigenvalue weighted by atomic mass is 10.2. The van der Waals surface area contributed by atoms with Crippen LogP contribution in [0.25, 0.3) is 0 Å². The van der Waals surface area contributed by atoms with Crippen LogP contribution in [-0.4, -0.2) is 61.8 Å². The largest absolute Gasteiger partial charge is 0.455 e. The molecule has 0 bridgehead atoms. The first-order valence-corrected chi connectivity index (χ1v) is 9.47. The molecule has 1 atom stereocenters. The Labute approximate surface area is 132 Å². The molecule has 7 heteroatoms. The predicted octanol–water partition coefficient (Wildman–Crippen LogP) is 1.38. The maximum Gasteiger partial charge on any atom is 0.289 e. The second-order valence-corrected chi connectivity index (χ2v) is 7.93. The van der Waals surface area contributed by atoms with Crippen molar-refractivity contribution in [1.82, 2.24) is 9.80 Å². The first-order chi connectivity index (χ1) is 10.4. The molecule has 1 amide bonds. The van der Waals surface area contributed by atoms with Gasteiger partial charge < -0.3 is 9.32 Å². The summed E-state index contributed by atoms with van der Waals surface area (Å²) in [5.41, 5.74) is 0. The van der Waals surface area contributed by atoms with Gasteiger partial charge in [0, 0.05) is 13.1 Å². The third kappa shape index (κ3) is 3.89. The Balaban J connectivity index is 2.02. The molecule has 124 valence electrons. The summed E-state index contributed by atoms with van der Waals surface area (Å²) in [7, 11) is -1.37. The normalized spacial score (nSPS) is 20.5. The van der Waals surface area contributed by atoms with Crippen molar-refractivity contribution in [3.05, 3.63) is 23.7 Å². The minimum Gasteiger partial charge on any atom is -0.455 e. The molecule has 0 radical (unpaired) electrons. The highest BCUT2D eigenvalue weighted by Crippen LogP contribution is 2.20. The highest BCUT2D eigenvalue weighted by molar-refractivity contribution is 7.91. The van der Waals surface area contributed by atoms with E-state index in [1.807, 2.05) is 6.07 Å². The van der Waals surface area contributed by atoms with E-state index < -0.39 is 9.84 Å². The maximum absolute atomic E-state index is 12.4. The average molecular weight is 328 g/mol. The Morgan fingerprint density at radius 3 is 2.55 bits per heavy atom. The van der Waals surface area contributed by atoms with E-state index in [1.54, 1.807) is 13.1 Å². The number of sulfone groups is 1. The molecule has 0 N–H and O–H groups in total. The molecule has 1 aliphatic heterocycles. The van der Waals surface area contributed by atoms with Gasteiger partial charge in [-0.05, 0) is 31.6 Å². The number of nitrogens with zero attached hydrogens (tertiary/aromatic N) is 2. The molecule has 0 spiro atoms. The van der Waals surface area contributed by atoms with E-state index in [1.165, 1.54) is 4.90 Å². The highest BCUT2D eigenvalue weighted by atomic mass is 32.2. The van der Waals surface area contributed by atoms with Gasteiger partial charge in [0.1, 0.15) is 5.76 Å². The van der Waals surface area contributed by atoms with E-state index in [-0.39, 0.29) is 29.2 Å². The van der Waals surface area contributed by atoms with Crippen molar-refractivity contribution in [2.24, 2.45) is 0 Å². The topological polar surface area (TPSA) is 70.8 Å². The van der Waals surface area contributed by atoms with Crippen molar-refractivity contribution < 1.29 is 17.6 Å². The molecule has 6 nitrogen and oxygen atoms in total. The first kappa shape index (κ1) is 17.0. The third-order valence-electron chi connectivity index (χ3n) is 4.22. The van der Waals surface area contributed by atoms with E-state index in [4.69, 9.17) is 4.42 Å². The lowest BCUT2D eigenvalue weighted by molar-refractivity contribution is 0.0712. The Kier molecular flexibility index (Phi) is 5.28. The van der Waals surface area contributed by atoms with E-state index in [0.717, 1.165) is 18.8 Å². The van der Waals surface area contributed by atoms with Gasteiger partial charge >= 0.3 is 0 Å². The average Bonchev–Trinajstić information content (AvgIpc) is 3.09. The Morgan fingerprint density at radius 1 is 1.32 bits per heavy atom. The smallest absolute Gasteiger partial charge is 0.289 e. The zero-order valence-corrected chi connectivity index (χ0v) is 14.2. The van der Waals surface area contributed by atoms with Gasteiger partial charge in [-0.3, -0.25) is 9.69 Å². The summed E-state index contributed by atoms with van der Waals surface area (Å²) in [5, 5.41) is 0. The molecule has 0 aromatic carbocycles. The zero-order valence-electron chi connectivity index (χ0n) is 13.4. The molecule has 1 aromatic heterocycles. The minimum atomic E-state index is -3.00. The second-order valence-electron chi connectivity index (χ2n) is 5.70. The SMILES string of the molecule is CCN(CC)Cc1ccc(C(=O)N(C)[C@@H]2CCS(=O)(=O)C2)o1. The predicted molar refractivity (Wildman–Crippen MR) is 84.5 cm³/mol. The Morgan fingerprint density at radius 2 is 2.00 bits per heavy atom. The van der Waals surface area contributed by atoms with Crippen molar-refractivity contribution in [1.29, 1.82) is 0 Å². The summed E-state index contributed by atoms with van der Waals surface area (Å²) in [4.78, 5) is 16.1. The fourth-order valence-electron chi connectivity index (χ4n) is 2.67. The van der Waals surface area contributed by atoms with Crippen LogP contribution >= 0.6 is 0 Å². The first-order valence-electron chi connectivity index (χ1n) is 7.65. The van der Waals surface area contributed by atoms with Crippen LogP contribution in [-0.2, 0) is 16.4 Å². The summed E-state index contributed by atoms with van der Waals surface area (Å²) in [6.07, 6.45) is 0.498. The minimum absolute atomic E-state index is 0.0439. The monoisotopic (exact) mass is 328 g/mol. The maximum atomic E-state index is 12.4. The molecular formula is C15H24N2O4S. The van der Waals surface area contributed by atoms with Crippen molar-refractivity contribution in [3.63, 3.8) is 0 Å². The second kappa shape index (κ2) is 6.83. The lowest BCUT2D eigenvalue weighted by Crippen LogP contribution is -2.37. The van der Waals surface area contributed by atoms with Gasteiger partial charge in [0.25, 0.3) is 5.91 Å². The third-order valence-corrected chi connectivity index (χ3v) is 5.97. The van der Waals surface area contributed by atoms with E-state index >= 15 is 0 Å². The molecule has 0 unspecified atom stereocenters. The number of hydrogen-bond donors (Lipinski definition) is 0. The van der Waals surface area contributed by atoms with Gasteiger partial charge in [0.15, 0.2) is 15.6 Å². The summed E-state index contributed by atoms with van der Waals surface area (Å²) in [5.74, 6) is 0.962. The molecule has 1 aliphatic rings. The number of carbonyl (C=O) groups is 1. The van der Waals surface area contributed by atoms with Gasteiger partial charge in [0.05, 0.1) is 18.1 Å². The standard InChI is InChI=1S/C15H24N2O4S/c1-4-17(5-2)10-13-6-7-14(21-13)15(18)16(3)12-8-9-22(19,20)11-12/h6-7,12H,4-5,8-11H2,1-3H3/t12-/m1/s1. The molecule has 1 fully saturated rings. The highest BCUT2D eigenvalue weighted by Gasteiger charge is 2.33. The fraction of sp³-hybridized carbons (Fsp3) is 0.667. The van der Waals surface area contributed by atoms with Crippen molar-refractivity contribution >= 4 is 15.7 Å². The van der Waals surface area contributed by atoms with E-state index in [9.17, 15) is 13.2 Å². The van der Waals surface area contributed by atoms with Crippen LogP contribution in [0.1, 0.15) is 36.6 Å². The molecule has 2 heterocycles. The molecule has 2 rings (SSSR count). The lowest BCUT2D eigenvalue weighted by Gasteiger charge is -2.22. The number of hydrogen-bond acceptors (Lipinski definition) is 5. The Hall–Kier alpha value is -1.34. The van der Waals surface area contributed by atoms with Crippen LogP contribution in [0.2, 0.25) is 0 Å². The van der Waals surface area contributed by atoms with Gasteiger partial charge in [-0.15, -0.1) is 0 Å². The summed E-state index contributed by atoms with van der Waals surface area (Å²) >= 11 is 0. The van der Waals surface area contributed by atoms with Crippen molar-refractivity contribution in [3.8, 4) is 0 Å². The number of carbonyl (C=O) groups excluding carboxylic acids is 1. The summed E-state index contributed by atoms with van der Waals surface area (Å²) in [6, 6.07) is 3.22. The van der Waals surface area contributed by atoms with E-state index in [2.05, 4.69) is 18.7 Å². The molecule has 0 aliphatic carbocycles. The van der Waals surface area contributed by atoms with Crippen LogP contribution in [0.5, 0.6) is 0 Å². The van der Waals surface area contributed by atoms with Crippen LogP contribution in [0.4, 0.5) is 0 Å².